The number of hydrogen-bond acceptors (Lipinski definition) is 4. The topological polar surface area (TPSA) is 47.9 Å². The second kappa shape index (κ2) is 5.34. The van der Waals surface area contributed by atoms with Crippen molar-refractivity contribution >= 4 is 0 Å². The maximum Gasteiger partial charge on any atom is 0.134 e. The van der Waals surface area contributed by atoms with Crippen LogP contribution in [0, 0.1) is 11.8 Å². The van der Waals surface area contributed by atoms with Gasteiger partial charge in [-0.25, -0.2) is 0 Å². The van der Waals surface area contributed by atoms with E-state index in [9.17, 15) is 5.11 Å². The second-order valence-corrected chi connectivity index (χ2v) is 7.11. The van der Waals surface area contributed by atoms with Crippen molar-refractivity contribution in [3.63, 3.8) is 0 Å². The van der Waals surface area contributed by atoms with Gasteiger partial charge < -0.3 is 19.3 Å². The molecule has 1 heterocycles. The number of methoxy groups -OCH3 is 2. The van der Waals surface area contributed by atoms with Gasteiger partial charge in [-0.3, -0.25) is 0 Å². The Morgan fingerprint density at radius 3 is 2.59 bits per heavy atom. The van der Waals surface area contributed by atoms with Gasteiger partial charge in [0.25, 0.3) is 0 Å². The zero-order valence-corrected chi connectivity index (χ0v) is 14.1. The summed E-state index contributed by atoms with van der Waals surface area (Å²) in [6, 6.07) is 3.81. The number of benzene rings is 1. The van der Waals surface area contributed by atoms with Gasteiger partial charge in [-0.05, 0) is 31.6 Å². The van der Waals surface area contributed by atoms with Crippen molar-refractivity contribution in [3.05, 3.63) is 17.7 Å². The molecular formula is C18H26O4. The summed E-state index contributed by atoms with van der Waals surface area (Å²) in [6.45, 7) is 6.38. The van der Waals surface area contributed by atoms with E-state index in [2.05, 4.69) is 13.8 Å². The summed E-state index contributed by atoms with van der Waals surface area (Å²) in [5, 5.41) is 10.8. The molecule has 4 heteroatoms. The van der Waals surface area contributed by atoms with Gasteiger partial charge in [-0.2, -0.15) is 0 Å². The van der Waals surface area contributed by atoms with Crippen molar-refractivity contribution in [2.24, 2.45) is 11.8 Å². The predicted octanol–water partition coefficient (Wildman–Crippen LogP) is 3.37. The smallest absolute Gasteiger partial charge is 0.134 e. The average molecular weight is 306 g/mol. The molecule has 0 spiro atoms. The Balaban J connectivity index is 2.13. The number of rotatable bonds is 3. The summed E-state index contributed by atoms with van der Waals surface area (Å²) < 4.78 is 17.1. The largest absolute Gasteiger partial charge is 0.496 e. The Kier molecular flexibility index (Phi) is 3.76. The molecule has 1 aliphatic carbocycles. The lowest BCUT2D eigenvalue weighted by Crippen LogP contribution is -2.50. The molecule has 0 saturated heterocycles. The fourth-order valence-electron chi connectivity index (χ4n) is 4.13. The Morgan fingerprint density at radius 1 is 1.27 bits per heavy atom. The molecule has 0 amide bonds. The zero-order chi connectivity index (χ0) is 16.1. The van der Waals surface area contributed by atoms with Crippen molar-refractivity contribution in [1.29, 1.82) is 0 Å². The molecule has 1 fully saturated rings. The second-order valence-electron chi connectivity index (χ2n) is 7.11. The van der Waals surface area contributed by atoms with Crippen LogP contribution in [0.2, 0.25) is 0 Å². The van der Waals surface area contributed by atoms with Gasteiger partial charge in [0, 0.05) is 23.6 Å². The third kappa shape index (κ3) is 2.24. The number of aliphatic hydroxyl groups is 1. The Labute approximate surface area is 132 Å². The molecule has 122 valence electrons. The summed E-state index contributed by atoms with van der Waals surface area (Å²) in [5.74, 6) is 3.48. The Morgan fingerprint density at radius 2 is 2.00 bits per heavy atom. The molecule has 0 bridgehead atoms. The van der Waals surface area contributed by atoms with Crippen LogP contribution < -0.4 is 14.2 Å². The maximum atomic E-state index is 10.8. The van der Waals surface area contributed by atoms with Crippen LogP contribution in [0.1, 0.15) is 45.1 Å². The molecule has 1 aliphatic heterocycles. The number of hydrogen-bond donors (Lipinski definition) is 1. The normalized spacial score (nSPS) is 33.1. The van der Waals surface area contributed by atoms with Crippen molar-refractivity contribution in [2.75, 3.05) is 14.2 Å². The maximum absolute atomic E-state index is 10.8. The van der Waals surface area contributed by atoms with Gasteiger partial charge in [0.15, 0.2) is 0 Å². The van der Waals surface area contributed by atoms with Gasteiger partial charge in [0.2, 0.25) is 0 Å². The van der Waals surface area contributed by atoms with Crippen LogP contribution in [0.3, 0.4) is 0 Å². The van der Waals surface area contributed by atoms with Crippen molar-refractivity contribution in [1.82, 2.24) is 0 Å². The van der Waals surface area contributed by atoms with E-state index >= 15 is 0 Å². The van der Waals surface area contributed by atoms with Crippen LogP contribution in [0.4, 0.5) is 0 Å². The lowest BCUT2D eigenvalue weighted by atomic mass is 9.65. The minimum atomic E-state index is -0.812. The van der Waals surface area contributed by atoms with Crippen LogP contribution >= 0.6 is 0 Å². The van der Waals surface area contributed by atoms with E-state index in [4.69, 9.17) is 14.2 Å². The molecule has 0 radical (unpaired) electrons. The Bertz CT molecular complexity index is 564. The van der Waals surface area contributed by atoms with Gasteiger partial charge in [-0.15, -0.1) is 0 Å². The number of ether oxygens (including phenoxy) is 3. The summed E-state index contributed by atoms with van der Waals surface area (Å²) in [5.41, 5.74) is 0.278. The molecule has 4 nitrogen and oxygen atoms in total. The first kappa shape index (κ1) is 15.5. The molecule has 1 aromatic rings. The van der Waals surface area contributed by atoms with Crippen molar-refractivity contribution < 1.29 is 19.3 Å². The molecule has 1 saturated carbocycles. The van der Waals surface area contributed by atoms with E-state index in [1.54, 1.807) is 14.2 Å². The zero-order valence-electron chi connectivity index (χ0n) is 14.1. The molecule has 2 aliphatic rings. The molecule has 1 aromatic carbocycles. The van der Waals surface area contributed by atoms with Gasteiger partial charge >= 0.3 is 0 Å². The minimum Gasteiger partial charge on any atom is -0.496 e. The highest BCUT2D eigenvalue weighted by atomic mass is 16.5. The highest BCUT2D eigenvalue weighted by Gasteiger charge is 2.54. The summed E-state index contributed by atoms with van der Waals surface area (Å²) in [4.78, 5) is 0. The molecule has 0 unspecified atom stereocenters. The molecule has 22 heavy (non-hydrogen) atoms. The summed E-state index contributed by atoms with van der Waals surface area (Å²) in [6.07, 6.45) is 1.55. The molecule has 0 aromatic heterocycles. The SMILES string of the molecule is COc1cc(OC)c2c(c1)O[C@@H]1[C@H]2[C@@H](C(C)C)CC[C@]1(C)O. The first-order valence-corrected chi connectivity index (χ1v) is 8.04. The third-order valence-corrected chi connectivity index (χ3v) is 5.36. The lowest BCUT2D eigenvalue weighted by Gasteiger charge is -2.44. The monoisotopic (exact) mass is 306 g/mol. The fraction of sp³-hybridized carbons (Fsp3) is 0.667. The van der Waals surface area contributed by atoms with E-state index in [0.717, 1.165) is 35.7 Å². The van der Waals surface area contributed by atoms with Crippen LogP contribution in [0.5, 0.6) is 17.2 Å². The molecule has 1 N–H and O–H groups in total. The van der Waals surface area contributed by atoms with Crippen molar-refractivity contribution in [3.8, 4) is 17.2 Å². The first-order chi connectivity index (χ1) is 10.4. The van der Waals surface area contributed by atoms with E-state index in [0.29, 0.717) is 11.8 Å². The minimum absolute atomic E-state index is 0.166. The summed E-state index contributed by atoms with van der Waals surface area (Å²) >= 11 is 0. The van der Waals surface area contributed by atoms with E-state index in [1.165, 1.54) is 0 Å². The first-order valence-electron chi connectivity index (χ1n) is 8.04. The number of fused-ring (bicyclic) bond motifs is 3. The van der Waals surface area contributed by atoms with E-state index in [-0.39, 0.29) is 12.0 Å². The van der Waals surface area contributed by atoms with E-state index < -0.39 is 5.60 Å². The van der Waals surface area contributed by atoms with Crippen molar-refractivity contribution in [2.45, 2.75) is 51.2 Å². The average Bonchev–Trinajstić information content (AvgIpc) is 2.86. The van der Waals surface area contributed by atoms with Gasteiger partial charge in [0.05, 0.1) is 19.8 Å². The molecule has 3 rings (SSSR count). The van der Waals surface area contributed by atoms with Crippen LogP contribution in [-0.4, -0.2) is 31.0 Å². The van der Waals surface area contributed by atoms with Crippen LogP contribution in [0.15, 0.2) is 12.1 Å². The molecule has 4 atom stereocenters. The van der Waals surface area contributed by atoms with E-state index in [1.807, 2.05) is 19.1 Å². The third-order valence-electron chi connectivity index (χ3n) is 5.36. The Hall–Kier alpha value is -1.42. The fourth-order valence-corrected chi connectivity index (χ4v) is 4.13. The predicted molar refractivity (Wildman–Crippen MR) is 84.9 cm³/mol. The highest BCUT2D eigenvalue weighted by molar-refractivity contribution is 5.56. The standard InChI is InChI=1S/C18H26O4/c1-10(2)12-6-7-18(3,19)17-15(12)16-13(21-5)8-11(20-4)9-14(16)22-17/h8-10,12,15,17,19H,6-7H2,1-5H3/t12-,15+,17-,18+/m1/s1. The van der Waals surface area contributed by atoms with Crippen LogP contribution in [-0.2, 0) is 0 Å². The lowest BCUT2D eigenvalue weighted by molar-refractivity contribution is -0.0918. The van der Waals surface area contributed by atoms with Gasteiger partial charge in [0.1, 0.15) is 23.4 Å². The quantitative estimate of drug-likeness (QED) is 0.930. The van der Waals surface area contributed by atoms with Gasteiger partial charge in [-0.1, -0.05) is 13.8 Å². The highest BCUT2D eigenvalue weighted by Crippen LogP contribution is 2.57. The molecular weight excluding hydrogens is 280 g/mol. The van der Waals surface area contributed by atoms with Crippen LogP contribution in [0.25, 0.3) is 0 Å². The summed E-state index contributed by atoms with van der Waals surface area (Å²) in [7, 11) is 3.31.